The van der Waals surface area contributed by atoms with Crippen molar-refractivity contribution < 1.29 is 19.8 Å². The molecule has 0 radical (unpaired) electrons. The largest absolute Gasteiger partial charge is 0.478 e. The molecule has 4 heteroatoms. The molecule has 26 heavy (non-hydrogen) atoms. The highest BCUT2D eigenvalue weighted by Gasteiger charge is 2.11. The molecule has 1 aromatic carbocycles. The number of unbranched alkanes of at least 4 members (excludes halogenated alkanes) is 1. The molecule has 0 spiro atoms. The minimum Gasteiger partial charge on any atom is -0.478 e. The fourth-order valence-electron chi connectivity index (χ4n) is 2.25. The van der Waals surface area contributed by atoms with Gasteiger partial charge in [0.2, 0.25) is 0 Å². The van der Waals surface area contributed by atoms with Gasteiger partial charge in [-0.05, 0) is 17.9 Å². The van der Waals surface area contributed by atoms with Crippen LogP contribution in [-0.2, 0) is 9.59 Å². The first-order valence-corrected chi connectivity index (χ1v) is 8.94. The molecule has 1 aromatic rings. The van der Waals surface area contributed by atoms with Crippen LogP contribution in [-0.4, -0.2) is 22.2 Å². The molecule has 0 aliphatic carbocycles. The summed E-state index contributed by atoms with van der Waals surface area (Å²) in [5, 5.41) is 16.9. The molecule has 1 atom stereocenters. The SMILES string of the molecule is C=C(CC(CC)CCCC)C(=O)O.O=C(O)C=CC=Cc1ccccc1. The Kier molecular flexibility index (Phi) is 13.2. The van der Waals surface area contributed by atoms with Crippen molar-refractivity contribution in [3.63, 3.8) is 0 Å². The van der Waals surface area contributed by atoms with Crippen molar-refractivity contribution in [1.29, 1.82) is 0 Å². The van der Waals surface area contributed by atoms with Crippen molar-refractivity contribution >= 4 is 18.0 Å². The van der Waals surface area contributed by atoms with Crippen LogP contribution >= 0.6 is 0 Å². The Bertz CT molecular complexity index is 600. The van der Waals surface area contributed by atoms with Gasteiger partial charge in [0.05, 0.1) is 0 Å². The average molecular weight is 358 g/mol. The fourth-order valence-corrected chi connectivity index (χ4v) is 2.25. The predicted octanol–water partition coefficient (Wildman–Crippen LogP) is 5.57. The molecule has 0 aliphatic heterocycles. The van der Waals surface area contributed by atoms with Crippen molar-refractivity contribution in [2.45, 2.75) is 46.0 Å². The zero-order valence-corrected chi connectivity index (χ0v) is 15.7. The first-order valence-electron chi connectivity index (χ1n) is 8.94. The number of carboxylic acid groups (broad SMARTS) is 2. The van der Waals surface area contributed by atoms with E-state index in [0.29, 0.717) is 17.9 Å². The first kappa shape index (κ1) is 23.4. The Morgan fingerprint density at radius 2 is 1.77 bits per heavy atom. The summed E-state index contributed by atoms with van der Waals surface area (Å²) >= 11 is 0. The van der Waals surface area contributed by atoms with E-state index < -0.39 is 11.9 Å². The van der Waals surface area contributed by atoms with Crippen LogP contribution in [0.15, 0.2) is 60.7 Å². The standard InChI is InChI=1S/C11H10O2.C11H20O2/c12-11(13)9-5-4-8-10-6-2-1-3-7-10;1-4-6-7-10(5-2)8-9(3)11(12)13/h1-9H,(H,12,13);10H,3-8H2,1-2H3,(H,12,13). The van der Waals surface area contributed by atoms with Crippen LogP contribution in [0.5, 0.6) is 0 Å². The maximum absolute atomic E-state index is 10.5. The van der Waals surface area contributed by atoms with Crippen molar-refractivity contribution in [3.05, 3.63) is 66.3 Å². The van der Waals surface area contributed by atoms with Gasteiger partial charge >= 0.3 is 11.9 Å². The zero-order chi connectivity index (χ0) is 19.8. The third-order valence-corrected chi connectivity index (χ3v) is 3.82. The highest BCUT2D eigenvalue weighted by atomic mass is 16.4. The van der Waals surface area contributed by atoms with Gasteiger partial charge in [0.1, 0.15) is 0 Å². The van der Waals surface area contributed by atoms with E-state index in [2.05, 4.69) is 20.4 Å². The topological polar surface area (TPSA) is 74.6 Å². The summed E-state index contributed by atoms with van der Waals surface area (Å²) in [6, 6.07) is 9.70. The number of aliphatic carboxylic acids is 2. The zero-order valence-electron chi connectivity index (χ0n) is 15.7. The summed E-state index contributed by atoms with van der Waals surface area (Å²) in [5.74, 6) is -1.28. The normalized spacial score (nSPS) is 11.8. The number of benzene rings is 1. The predicted molar refractivity (Wildman–Crippen MR) is 107 cm³/mol. The molecular weight excluding hydrogens is 328 g/mol. The molecule has 4 nitrogen and oxygen atoms in total. The van der Waals surface area contributed by atoms with Gasteiger partial charge in [-0.25, -0.2) is 9.59 Å². The monoisotopic (exact) mass is 358 g/mol. The molecule has 2 N–H and O–H groups in total. The highest BCUT2D eigenvalue weighted by Crippen LogP contribution is 2.20. The van der Waals surface area contributed by atoms with Crippen LogP contribution in [0.1, 0.15) is 51.5 Å². The molecule has 1 rings (SSSR count). The number of allylic oxidation sites excluding steroid dienone is 2. The molecule has 0 saturated carbocycles. The van der Waals surface area contributed by atoms with Crippen LogP contribution in [0.4, 0.5) is 0 Å². The Balaban J connectivity index is 0.000000481. The summed E-state index contributed by atoms with van der Waals surface area (Å²) in [6.07, 6.45) is 11.3. The van der Waals surface area contributed by atoms with Crippen LogP contribution in [0.3, 0.4) is 0 Å². The molecule has 0 heterocycles. The van der Waals surface area contributed by atoms with Crippen molar-refractivity contribution in [3.8, 4) is 0 Å². The van der Waals surface area contributed by atoms with Gasteiger partial charge in [-0.15, -0.1) is 0 Å². The van der Waals surface area contributed by atoms with E-state index in [1.165, 1.54) is 18.9 Å². The van der Waals surface area contributed by atoms with E-state index in [-0.39, 0.29) is 0 Å². The van der Waals surface area contributed by atoms with Gasteiger partial charge in [-0.3, -0.25) is 0 Å². The van der Waals surface area contributed by atoms with Crippen LogP contribution in [0.2, 0.25) is 0 Å². The van der Waals surface area contributed by atoms with Gasteiger partial charge in [0.15, 0.2) is 0 Å². The Hall–Kier alpha value is -2.62. The lowest BCUT2D eigenvalue weighted by molar-refractivity contribution is -0.133. The molecule has 0 amide bonds. The maximum Gasteiger partial charge on any atom is 0.330 e. The van der Waals surface area contributed by atoms with Crippen LogP contribution < -0.4 is 0 Å². The summed E-state index contributed by atoms with van der Waals surface area (Å²) in [6.45, 7) is 7.81. The molecule has 0 fully saturated rings. The smallest absolute Gasteiger partial charge is 0.330 e. The Labute approximate surface area is 156 Å². The summed E-state index contributed by atoms with van der Waals surface area (Å²) in [4.78, 5) is 20.6. The number of rotatable bonds is 10. The third-order valence-electron chi connectivity index (χ3n) is 3.82. The van der Waals surface area contributed by atoms with Crippen LogP contribution in [0.25, 0.3) is 6.08 Å². The van der Waals surface area contributed by atoms with Crippen molar-refractivity contribution in [2.24, 2.45) is 5.92 Å². The summed E-state index contributed by atoms with van der Waals surface area (Å²) < 4.78 is 0. The summed E-state index contributed by atoms with van der Waals surface area (Å²) in [5.41, 5.74) is 1.40. The van der Waals surface area contributed by atoms with Gasteiger partial charge < -0.3 is 10.2 Å². The van der Waals surface area contributed by atoms with Crippen LogP contribution in [0, 0.1) is 5.92 Å². The number of carbonyl (C=O) groups is 2. The first-order chi connectivity index (χ1) is 12.4. The van der Waals surface area contributed by atoms with E-state index >= 15 is 0 Å². The van der Waals surface area contributed by atoms with Gasteiger partial charge in [0, 0.05) is 11.6 Å². The minimum atomic E-state index is -0.933. The third kappa shape index (κ3) is 12.8. The molecule has 142 valence electrons. The second kappa shape index (κ2) is 14.7. The summed E-state index contributed by atoms with van der Waals surface area (Å²) in [7, 11) is 0. The van der Waals surface area contributed by atoms with Gasteiger partial charge in [-0.1, -0.05) is 94.7 Å². The van der Waals surface area contributed by atoms with E-state index in [9.17, 15) is 9.59 Å². The fraction of sp³-hybridized carbons (Fsp3) is 0.364. The van der Waals surface area contributed by atoms with E-state index in [1.807, 2.05) is 36.4 Å². The average Bonchev–Trinajstić information content (AvgIpc) is 2.63. The quantitative estimate of drug-likeness (QED) is 0.423. The molecular formula is C22H30O4. The van der Waals surface area contributed by atoms with Gasteiger partial charge in [-0.2, -0.15) is 0 Å². The number of hydrogen-bond acceptors (Lipinski definition) is 2. The van der Waals surface area contributed by atoms with E-state index in [4.69, 9.17) is 10.2 Å². The van der Waals surface area contributed by atoms with Gasteiger partial charge in [0.25, 0.3) is 0 Å². The molecule has 0 saturated heterocycles. The number of carboxylic acids is 2. The lowest BCUT2D eigenvalue weighted by atomic mass is 9.92. The number of hydrogen-bond donors (Lipinski definition) is 2. The molecule has 0 aromatic heterocycles. The molecule has 0 aliphatic rings. The molecule has 0 bridgehead atoms. The Morgan fingerprint density at radius 1 is 1.12 bits per heavy atom. The Morgan fingerprint density at radius 3 is 2.27 bits per heavy atom. The van der Waals surface area contributed by atoms with E-state index in [1.54, 1.807) is 6.08 Å². The maximum atomic E-state index is 10.5. The molecule has 1 unspecified atom stereocenters. The lowest BCUT2D eigenvalue weighted by Gasteiger charge is -2.13. The van der Waals surface area contributed by atoms with E-state index in [0.717, 1.165) is 24.5 Å². The minimum absolute atomic E-state index is 0.350. The highest BCUT2D eigenvalue weighted by molar-refractivity contribution is 5.85. The van der Waals surface area contributed by atoms with Crippen molar-refractivity contribution in [2.75, 3.05) is 0 Å². The van der Waals surface area contributed by atoms with Crippen molar-refractivity contribution in [1.82, 2.24) is 0 Å². The second-order valence-corrected chi connectivity index (χ2v) is 6.00. The second-order valence-electron chi connectivity index (χ2n) is 6.00. The lowest BCUT2D eigenvalue weighted by Crippen LogP contribution is -2.06.